The first-order valence-electron chi connectivity index (χ1n) is 8.51. The van der Waals surface area contributed by atoms with Crippen LogP contribution in [-0.2, 0) is 12.8 Å². The van der Waals surface area contributed by atoms with Crippen molar-refractivity contribution in [1.82, 2.24) is 5.32 Å². The molecule has 0 saturated carbocycles. The lowest BCUT2D eigenvalue weighted by Crippen LogP contribution is -2.31. The zero-order chi connectivity index (χ0) is 16.1. The van der Waals surface area contributed by atoms with E-state index in [1.807, 2.05) is 13.8 Å². The highest BCUT2D eigenvalue weighted by molar-refractivity contribution is 5.85. The number of ether oxygens (including phenoxy) is 2. The van der Waals surface area contributed by atoms with Crippen molar-refractivity contribution in [3.63, 3.8) is 0 Å². The molecule has 0 aliphatic carbocycles. The maximum atomic E-state index is 5.80. The van der Waals surface area contributed by atoms with Crippen molar-refractivity contribution in [2.24, 2.45) is 0 Å². The molecule has 3 rings (SSSR count). The molecular formula is C20H26ClNO2. The van der Waals surface area contributed by atoms with Crippen molar-refractivity contribution in [2.75, 3.05) is 19.8 Å². The van der Waals surface area contributed by atoms with Gasteiger partial charge in [0.2, 0.25) is 0 Å². The van der Waals surface area contributed by atoms with Crippen molar-refractivity contribution in [1.29, 1.82) is 0 Å². The molecule has 1 N–H and O–H groups in total. The van der Waals surface area contributed by atoms with Crippen molar-refractivity contribution in [2.45, 2.75) is 32.7 Å². The van der Waals surface area contributed by atoms with Gasteiger partial charge in [0, 0.05) is 6.04 Å². The van der Waals surface area contributed by atoms with E-state index in [9.17, 15) is 0 Å². The highest BCUT2D eigenvalue weighted by atomic mass is 35.5. The molecule has 1 aliphatic heterocycles. The molecule has 0 radical (unpaired) electrons. The van der Waals surface area contributed by atoms with Gasteiger partial charge in [-0.3, -0.25) is 0 Å². The molecule has 0 saturated heterocycles. The van der Waals surface area contributed by atoms with Gasteiger partial charge in [0.25, 0.3) is 0 Å². The number of rotatable bonds is 6. The van der Waals surface area contributed by atoms with E-state index in [-0.39, 0.29) is 12.4 Å². The predicted molar refractivity (Wildman–Crippen MR) is 101 cm³/mol. The second-order valence-electron chi connectivity index (χ2n) is 5.81. The van der Waals surface area contributed by atoms with Crippen LogP contribution in [0.25, 0.3) is 0 Å². The van der Waals surface area contributed by atoms with Crippen LogP contribution in [0.1, 0.15) is 36.6 Å². The van der Waals surface area contributed by atoms with E-state index in [1.165, 1.54) is 16.7 Å². The molecular weight excluding hydrogens is 322 g/mol. The van der Waals surface area contributed by atoms with Crippen LogP contribution in [0.3, 0.4) is 0 Å². The van der Waals surface area contributed by atoms with E-state index >= 15 is 0 Å². The standard InChI is InChI=1S/C20H25NO2.ClH/c1-3-22-19-13-16-10-11-21-18(12-15-8-6-5-7-9-15)17(16)14-20(19)23-4-2;/h5-9,13-14,18,21H,3-4,10-12H2,1-2H3;1H. The summed E-state index contributed by atoms with van der Waals surface area (Å²) in [6, 6.07) is 15.3. The quantitative estimate of drug-likeness (QED) is 0.843. The lowest BCUT2D eigenvalue weighted by molar-refractivity contribution is 0.286. The molecule has 130 valence electrons. The van der Waals surface area contributed by atoms with Gasteiger partial charge in [-0.1, -0.05) is 30.3 Å². The third-order valence-electron chi connectivity index (χ3n) is 4.25. The summed E-state index contributed by atoms with van der Waals surface area (Å²) in [6.07, 6.45) is 2.03. The first kappa shape index (κ1) is 18.6. The van der Waals surface area contributed by atoms with Crippen molar-refractivity contribution >= 4 is 12.4 Å². The zero-order valence-electron chi connectivity index (χ0n) is 14.4. The number of hydrogen-bond donors (Lipinski definition) is 1. The number of benzene rings is 2. The molecule has 4 heteroatoms. The Morgan fingerprint density at radius 1 is 1.00 bits per heavy atom. The van der Waals surface area contributed by atoms with Crippen LogP contribution in [0.2, 0.25) is 0 Å². The fourth-order valence-corrected chi connectivity index (χ4v) is 3.22. The van der Waals surface area contributed by atoms with Crippen molar-refractivity contribution < 1.29 is 9.47 Å². The van der Waals surface area contributed by atoms with Crippen LogP contribution >= 0.6 is 12.4 Å². The van der Waals surface area contributed by atoms with Gasteiger partial charge >= 0.3 is 0 Å². The maximum Gasteiger partial charge on any atom is 0.161 e. The van der Waals surface area contributed by atoms with E-state index in [0.29, 0.717) is 19.3 Å². The van der Waals surface area contributed by atoms with Gasteiger partial charge in [0.1, 0.15) is 0 Å². The van der Waals surface area contributed by atoms with E-state index in [4.69, 9.17) is 9.47 Å². The van der Waals surface area contributed by atoms with E-state index in [0.717, 1.165) is 30.9 Å². The first-order valence-corrected chi connectivity index (χ1v) is 8.51. The van der Waals surface area contributed by atoms with Crippen LogP contribution < -0.4 is 14.8 Å². The molecule has 2 aromatic rings. The van der Waals surface area contributed by atoms with Gasteiger partial charge < -0.3 is 14.8 Å². The number of fused-ring (bicyclic) bond motifs is 1. The summed E-state index contributed by atoms with van der Waals surface area (Å²) >= 11 is 0. The highest BCUT2D eigenvalue weighted by Gasteiger charge is 2.23. The Morgan fingerprint density at radius 3 is 2.33 bits per heavy atom. The Bertz CT molecular complexity index is 646. The second-order valence-corrected chi connectivity index (χ2v) is 5.81. The number of hydrogen-bond acceptors (Lipinski definition) is 3. The molecule has 0 fully saturated rings. The van der Waals surface area contributed by atoms with E-state index in [2.05, 4.69) is 47.8 Å². The molecule has 0 bridgehead atoms. The van der Waals surface area contributed by atoms with Crippen LogP contribution in [0.4, 0.5) is 0 Å². The van der Waals surface area contributed by atoms with Crippen molar-refractivity contribution in [3.05, 3.63) is 59.2 Å². The smallest absolute Gasteiger partial charge is 0.161 e. The molecule has 1 unspecified atom stereocenters. The lowest BCUT2D eigenvalue weighted by Gasteiger charge is -2.28. The summed E-state index contributed by atoms with van der Waals surface area (Å²) in [5.74, 6) is 1.73. The van der Waals surface area contributed by atoms with Gasteiger partial charge in [0.05, 0.1) is 13.2 Å². The Labute approximate surface area is 150 Å². The van der Waals surface area contributed by atoms with Crippen LogP contribution in [0, 0.1) is 0 Å². The molecule has 3 nitrogen and oxygen atoms in total. The third kappa shape index (κ3) is 4.22. The molecule has 24 heavy (non-hydrogen) atoms. The fraction of sp³-hybridized carbons (Fsp3) is 0.400. The fourth-order valence-electron chi connectivity index (χ4n) is 3.22. The lowest BCUT2D eigenvalue weighted by atomic mass is 9.90. The average Bonchev–Trinajstić information content (AvgIpc) is 2.57. The minimum absolute atomic E-state index is 0. The minimum Gasteiger partial charge on any atom is -0.490 e. The Balaban J connectivity index is 0.00000208. The first-order chi connectivity index (χ1) is 11.3. The zero-order valence-corrected chi connectivity index (χ0v) is 15.2. The van der Waals surface area contributed by atoms with Gasteiger partial charge in [-0.2, -0.15) is 0 Å². The summed E-state index contributed by atoms with van der Waals surface area (Å²) < 4.78 is 11.6. The highest BCUT2D eigenvalue weighted by Crippen LogP contribution is 2.36. The average molecular weight is 348 g/mol. The Hall–Kier alpha value is -1.71. The minimum atomic E-state index is 0. The SMILES string of the molecule is CCOc1cc2c(cc1OCC)C(Cc1ccccc1)NCC2.Cl. The maximum absolute atomic E-state index is 5.80. The summed E-state index contributed by atoms with van der Waals surface area (Å²) in [4.78, 5) is 0. The Morgan fingerprint density at radius 2 is 1.67 bits per heavy atom. The van der Waals surface area contributed by atoms with Crippen molar-refractivity contribution in [3.8, 4) is 11.5 Å². The normalized spacial score (nSPS) is 16.0. The summed E-state index contributed by atoms with van der Waals surface area (Å²) in [6.45, 7) is 6.33. The molecule has 2 aromatic carbocycles. The van der Waals surface area contributed by atoms with Gasteiger partial charge in [-0.15, -0.1) is 12.4 Å². The molecule has 0 spiro atoms. The summed E-state index contributed by atoms with van der Waals surface area (Å²) in [7, 11) is 0. The number of nitrogens with one attached hydrogen (secondary N) is 1. The summed E-state index contributed by atoms with van der Waals surface area (Å²) in [5.41, 5.74) is 4.06. The van der Waals surface area contributed by atoms with Gasteiger partial charge in [-0.25, -0.2) is 0 Å². The largest absolute Gasteiger partial charge is 0.490 e. The Kier molecular flexibility index (Phi) is 6.95. The molecule has 1 heterocycles. The second kappa shape index (κ2) is 8.95. The summed E-state index contributed by atoms with van der Waals surface area (Å²) in [5, 5.41) is 3.65. The van der Waals surface area contributed by atoms with Gasteiger partial charge in [0.15, 0.2) is 11.5 Å². The van der Waals surface area contributed by atoms with E-state index in [1.54, 1.807) is 0 Å². The molecule has 0 amide bonds. The predicted octanol–water partition coefficient (Wildman–Crippen LogP) is 4.34. The van der Waals surface area contributed by atoms with Crippen LogP contribution in [0.5, 0.6) is 11.5 Å². The third-order valence-corrected chi connectivity index (χ3v) is 4.25. The van der Waals surface area contributed by atoms with Gasteiger partial charge in [-0.05, 0) is 62.1 Å². The van der Waals surface area contributed by atoms with E-state index < -0.39 is 0 Å². The monoisotopic (exact) mass is 347 g/mol. The molecule has 0 aromatic heterocycles. The topological polar surface area (TPSA) is 30.5 Å². The van der Waals surface area contributed by atoms with Crippen LogP contribution in [-0.4, -0.2) is 19.8 Å². The van der Waals surface area contributed by atoms with Crippen LogP contribution in [0.15, 0.2) is 42.5 Å². The number of halogens is 1. The molecule has 1 aliphatic rings. The molecule has 1 atom stereocenters.